The van der Waals surface area contributed by atoms with Gasteiger partial charge in [-0.05, 0) is 27.5 Å². The van der Waals surface area contributed by atoms with Gasteiger partial charge >= 0.3 is 10.5 Å². The van der Waals surface area contributed by atoms with Gasteiger partial charge in [-0.15, -0.1) is 0 Å². The van der Waals surface area contributed by atoms with E-state index in [2.05, 4.69) is 9.76 Å². The summed E-state index contributed by atoms with van der Waals surface area (Å²) in [6, 6.07) is 8.82. The van der Waals surface area contributed by atoms with E-state index in [-0.39, 0.29) is 5.75 Å². The van der Waals surface area contributed by atoms with Crippen molar-refractivity contribution in [2.45, 2.75) is 6.92 Å². The minimum Gasteiger partial charge on any atom is -0.214 e. The highest BCUT2D eigenvalue weighted by Crippen LogP contribution is 2.09. The molecule has 0 heterocycles. The highest BCUT2D eigenvalue weighted by molar-refractivity contribution is 7.92. The van der Waals surface area contributed by atoms with Crippen molar-refractivity contribution in [2.75, 3.05) is 11.2 Å². The van der Waals surface area contributed by atoms with Crippen LogP contribution >= 0.6 is 0 Å². The van der Waals surface area contributed by atoms with E-state index >= 15 is 0 Å². The van der Waals surface area contributed by atoms with Gasteiger partial charge in [-0.25, -0.2) is 5.48 Å². The Bertz CT molecular complexity index is 302. The van der Waals surface area contributed by atoms with Crippen LogP contribution in [0.25, 0.3) is 0 Å². The predicted octanol–water partition coefficient (Wildman–Crippen LogP) is 1.81. The largest absolute Gasteiger partial charge is 0.418 e. The fourth-order valence-electron chi connectivity index (χ4n) is 0.677. The fourth-order valence-corrected chi connectivity index (χ4v) is 1.02. The molecule has 0 amide bonds. The third-order valence-corrected chi connectivity index (χ3v) is 2.46. The Morgan fingerprint density at radius 2 is 2.00 bits per heavy atom. The highest BCUT2D eigenvalue weighted by atomic mass is 32.3. The first-order chi connectivity index (χ1) is 6.14. The van der Waals surface area contributed by atoms with Crippen LogP contribution < -0.4 is 5.48 Å². The van der Waals surface area contributed by atoms with Crippen LogP contribution in [0.1, 0.15) is 6.92 Å². The van der Waals surface area contributed by atoms with Crippen molar-refractivity contribution in [1.82, 2.24) is 0 Å². The molecule has 0 saturated carbocycles. The molecule has 0 aromatic heterocycles. The molecule has 0 aliphatic heterocycles. The van der Waals surface area contributed by atoms with Crippen molar-refractivity contribution in [3.8, 4) is 0 Å². The maximum absolute atomic E-state index is 10.9. The molecule has 0 fully saturated rings. The molecule has 4 nitrogen and oxygen atoms in total. The molecule has 5 heteroatoms. The summed E-state index contributed by atoms with van der Waals surface area (Å²) < 4.78 is 26.3. The lowest BCUT2D eigenvalue weighted by molar-refractivity contribution is 0.300. The van der Waals surface area contributed by atoms with Gasteiger partial charge in [-0.2, -0.15) is 0 Å². The third-order valence-electron chi connectivity index (χ3n) is 1.41. The zero-order valence-corrected chi connectivity index (χ0v) is 8.04. The minimum absolute atomic E-state index is 0.0488. The van der Waals surface area contributed by atoms with Crippen LogP contribution in [0.4, 0.5) is 5.69 Å². The molecule has 1 unspecified atom stereocenters. The van der Waals surface area contributed by atoms with Gasteiger partial charge in [0.25, 0.3) is 0 Å². The van der Waals surface area contributed by atoms with Gasteiger partial charge in [0.05, 0.1) is 10.2 Å². The average Bonchev–Trinajstić information content (AvgIpc) is 2.17. The summed E-state index contributed by atoms with van der Waals surface area (Å²) in [5.41, 5.74) is 2.96. The fraction of sp³-hybridized carbons (Fsp3) is 0.250. The summed E-state index contributed by atoms with van der Waals surface area (Å²) in [4.78, 5) is 0. The average molecular weight is 201 g/mol. The normalized spacial score (nSPS) is 14.9. The smallest absolute Gasteiger partial charge is 0.214 e. The van der Waals surface area contributed by atoms with Crippen molar-refractivity contribution in [2.24, 2.45) is 0 Å². The maximum Gasteiger partial charge on any atom is 0.418 e. The Labute approximate surface area is 78.3 Å². The van der Waals surface area contributed by atoms with Crippen LogP contribution in [-0.4, -0.2) is 5.75 Å². The Morgan fingerprint density at radius 1 is 1.38 bits per heavy atom. The molecule has 0 saturated heterocycles. The topological polar surface area (TPSA) is 58.2 Å². The number of para-hydroxylation sites is 1. The summed E-state index contributed by atoms with van der Waals surface area (Å²) in [5.74, 6) is -0.0488. The molecule has 1 rings (SSSR count). The van der Waals surface area contributed by atoms with Crippen LogP contribution in [0.2, 0.25) is 0 Å². The summed E-state index contributed by atoms with van der Waals surface area (Å²) >= 11 is 0. The molecule has 0 bridgehead atoms. The minimum atomic E-state index is -3.43. The predicted molar refractivity (Wildman–Crippen MR) is 50.4 cm³/mol. The number of hydrogen-bond acceptors (Lipinski definition) is 3. The van der Waals surface area contributed by atoms with E-state index in [4.69, 9.17) is 0 Å². The Hall–Kier alpha value is -0.910. The van der Waals surface area contributed by atoms with E-state index in [0.717, 1.165) is 0 Å². The maximum atomic E-state index is 10.9. The molecule has 0 aliphatic rings. The first-order valence-corrected chi connectivity index (χ1v) is 5.44. The molecule has 1 atom stereocenters. The SMILES string of the molecule is CC[S+]([O])(=O)ONc1ccccc1. The van der Waals surface area contributed by atoms with E-state index in [1.54, 1.807) is 24.3 Å². The zero-order chi connectivity index (χ0) is 9.73. The van der Waals surface area contributed by atoms with Crippen LogP contribution in [0.5, 0.6) is 0 Å². The van der Waals surface area contributed by atoms with Crippen molar-refractivity contribution in [1.29, 1.82) is 0 Å². The van der Waals surface area contributed by atoms with E-state index in [1.165, 1.54) is 6.92 Å². The molecule has 1 radical (unpaired) electrons. The third kappa shape index (κ3) is 3.54. The number of hydrogen-bond donors (Lipinski definition) is 1. The summed E-state index contributed by atoms with van der Waals surface area (Å²) in [6.45, 7) is 1.52. The van der Waals surface area contributed by atoms with Gasteiger partial charge < -0.3 is 0 Å². The van der Waals surface area contributed by atoms with E-state index in [0.29, 0.717) is 5.69 Å². The molecule has 71 valence electrons. The standard InChI is InChI=1S/C8H11NO3S/c1-2-13(10,11)12-9-8-6-4-3-5-7-8/h3-7,9H,2H2,1H3/q+1. The number of anilines is 1. The second kappa shape index (κ2) is 4.36. The Morgan fingerprint density at radius 3 is 2.54 bits per heavy atom. The van der Waals surface area contributed by atoms with Crippen molar-refractivity contribution in [3.63, 3.8) is 0 Å². The van der Waals surface area contributed by atoms with Gasteiger partial charge in [-0.1, -0.05) is 18.2 Å². The Balaban J connectivity index is 2.49. The van der Waals surface area contributed by atoms with Crippen LogP contribution in [0.15, 0.2) is 30.3 Å². The second-order valence-electron chi connectivity index (χ2n) is 2.40. The van der Waals surface area contributed by atoms with Crippen LogP contribution in [0, 0.1) is 0 Å². The highest BCUT2D eigenvalue weighted by Gasteiger charge is 2.28. The van der Waals surface area contributed by atoms with Crippen molar-refractivity contribution < 1.29 is 13.0 Å². The molecule has 0 aliphatic carbocycles. The second-order valence-corrected chi connectivity index (χ2v) is 4.26. The number of rotatable bonds is 4. The van der Waals surface area contributed by atoms with Gasteiger partial charge in [0.1, 0.15) is 0 Å². The van der Waals surface area contributed by atoms with Gasteiger partial charge in [-0.3, -0.25) is 0 Å². The van der Waals surface area contributed by atoms with Gasteiger partial charge in [0.2, 0.25) is 0 Å². The van der Waals surface area contributed by atoms with Gasteiger partial charge in [0.15, 0.2) is 5.75 Å². The number of nitrogens with one attached hydrogen (secondary N) is 1. The summed E-state index contributed by atoms with van der Waals surface area (Å²) in [5, 5.41) is 0. The number of benzene rings is 1. The van der Waals surface area contributed by atoms with E-state index in [1.807, 2.05) is 6.07 Å². The van der Waals surface area contributed by atoms with E-state index < -0.39 is 10.5 Å². The molecule has 1 aromatic carbocycles. The van der Waals surface area contributed by atoms with Crippen LogP contribution in [-0.2, 0) is 23.5 Å². The molecule has 1 aromatic rings. The first-order valence-electron chi connectivity index (χ1n) is 3.86. The zero-order valence-electron chi connectivity index (χ0n) is 7.23. The lowest BCUT2D eigenvalue weighted by Gasteiger charge is -2.01. The molecular weight excluding hydrogens is 190 g/mol. The molecule has 13 heavy (non-hydrogen) atoms. The Kier molecular flexibility index (Phi) is 3.41. The monoisotopic (exact) mass is 201 g/mol. The molecule has 0 spiro atoms. The van der Waals surface area contributed by atoms with Gasteiger partial charge in [0, 0.05) is 0 Å². The first kappa shape index (κ1) is 10.2. The lowest BCUT2D eigenvalue weighted by atomic mass is 10.3. The summed E-state index contributed by atoms with van der Waals surface area (Å²) in [6.07, 6.45) is 0. The molecular formula is C8H11NO3S+. The molecule has 1 N–H and O–H groups in total. The van der Waals surface area contributed by atoms with Crippen molar-refractivity contribution >= 4 is 16.2 Å². The van der Waals surface area contributed by atoms with E-state index in [9.17, 15) is 8.76 Å². The quantitative estimate of drug-likeness (QED) is 0.597. The summed E-state index contributed by atoms with van der Waals surface area (Å²) in [7, 11) is -3.43. The lowest BCUT2D eigenvalue weighted by Crippen LogP contribution is -2.18. The van der Waals surface area contributed by atoms with Crippen LogP contribution in [0.3, 0.4) is 0 Å². The van der Waals surface area contributed by atoms with Crippen molar-refractivity contribution in [3.05, 3.63) is 30.3 Å².